The van der Waals surface area contributed by atoms with Gasteiger partial charge in [-0.3, -0.25) is 9.59 Å². The largest absolute Gasteiger partial charge is 0.483 e. The minimum Gasteiger partial charge on any atom is -0.483 e. The van der Waals surface area contributed by atoms with Crippen molar-refractivity contribution in [3.05, 3.63) is 65.7 Å². The maximum absolute atomic E-state index is 11.8. The highest BCUT2D eigenvalue weighted by Gasteiger charge is 2.06. The molecule has 26 heavy (non-hydrogen) atoms. The van der Waals surface area contributed by atoms with Crippen LogP contribution in [0.25, 0.3) is 0 Å². The number of aryl methyl sites for hydroxylation is 2. The van der Waals surface area contributed by atoms with E-state index in [1.165, 1.54) is 0 Å². The zero-order valence-electron chi connectivity index (χ0n) is 15.2. The van der Waals surface area contributed by atoms with E-state index >= 15 is 0 Å². The quantitative estimate of drug-likeness (QED) is 0.644. The van der Waals surface area contributed by atoms with E-state index in [0.717, 1.165) is 23.3 Å². The fourth-order valence-electron chi connectivity index (χ4n) is 2.53. The molecule has 0 spiro atoms. The van der Waals surface area contributed by atoms with Crippen LogP contribution in [-0.2, 0) is 22.4 Å². The highest BCUT2D eigenvalue weighted by atomic mass is 16.5. The number of para-hydroxylation sites is 1. The molecule has 0 aliphatic heterocycles. The summed E-state index contributed by atoms with van der Waals surface area (Å²) in [6.45, 7) is 2.81. The summed E-state index contributed by atoms with van der Waals surface area (Å²) in [6, 6.07) is 17.6. The predicted octanol–water partition coefficient (Wildman–Crippen LogP) is 2.49. The lowest BCUT2D eigenvalue weighted by Crippen LogP contribution is -2.36. The molecule has 2 aromatic carbocycles. The Morgan fingerprint density at radius 3 is 2.27 bits per heavy atom. The Labute approximate surface area is 154 Å². The Morgan fingerprint density at radius 2 is 1.54 bits per heavy atom. The summed E-state index contributed by atoms with van der Waals surface area (Å²) >= 11 is 0. The molecule has 0 bridgehead atoms. The van der Waals surface area contributed by atoms with Gasteiger partial charge in [-0.1, -0.05) is 55.5 Å². The van der Waals surface area contributed by atoms with Crippen molar-refractivity contribution in [2.24, 2.45) is 0 Å². The Bertz CT molecular complexity index is 701. The van der Waals surface area contributed by atoms with Gasteiger partial charge in [-0.15, -0.1) is 0 Å². The highest BCUT2D eigenvalue weighted by molar-refractivity contribution is 5.78. The molecular formula is C21H26N2O3. The van der Waals surface area contributed by atoms with E-state index in [1.807, 2.05) is 61.5 Å². The standard InChI is InChI=1S/C21H26N2O3/c1-2-18-10-6-7-11-19(18)26-16-21(25)23-15-14-22-20(24)13-12-17-8-4-3-5-9-17/h3-11H,2,12-16H2,1H3,(H,22,24)(H,23,25). The van der Waals surface area contributed by atoms with Crippen LogP contribution in [0.1, 0.15) is 24.5 Å². The van der Waals surface area contributed by atoms with Gasteiger partial charge in [-0.05, 0) is 30.0 Å². The van der Waals surface area contributed by atoms with E-state index in [2.05, 4.69) is 10.6 Å². The number of benzene rings is 2. The first-order chi connectivity index (χ1) is 12.7. The molecule has 0 fully saturated rings. The zero-order valence-corrected chi connectivity index (χ0v) is 15.2. The topological polar surface area (TPSA) is 67.4 Å². The molecule has 2 amide bonds. The van der Waals surface area contributed by atoms with Gasteiger partial charge in [0, 0.05) is 19.5 Å². The smallest absolute Gasteiger partial charge is 0.258 e. The van der Waals surface area contributed by atoms with Crippen molar-refractivity contribution < 1.29 is 14.3 Å². The second kappa shape index (κ2) is 10.9. The summed E-state index contributed by atoms with van der Waals surface area (Å²) in [7, 11) is 0. The third-order valence-electron chi connectivity index (χ3n) is 3.97. The summed E-state index contributed by atoms with van der Waals surface area (Å²) in [4.78, 5) is 23.6. The SMILES string of the molecule is CCc1ccccc1OCC(=O)NCCNC(=O)CCc1ccccc1. The molecule has 138 valence electrons. The lowest BCUT2D eigenvalue weighted by molar-refractivity contribution is -0.124. The van der Waals surface area contributed by atoms with Crippen LogP contribution < -0.4 is 15.4 Å². The summed E-state index contributed by atoms with van der Waals surface area (Å²) < 4.78 is 5.56. The second-order valence-electron chi connectivity index (χ2n) is 5.94. The highest BCUT2D eigenvalue weighted by Crippen LogP contribution is 2.17. The van der Waals surface area contributed by atoms with Crippen LogP contribution >= 0.6 is 0 Å². The number of rotatable bonds is 10. The number of hydrogen-bond acceptors (Lipinski definition) is 3. The molecule has 0 atom stereocenters. The average Bonchev–Trinajstić information content (AvgIpc) is 2.69. The van der Waals surface area contributed by atoms with E-state index < -0.39 is 0 Å². The lowest BCUT2D eigenvalue weighted by Gasteiger charge is -2.11. The van der Waals surface area contributed by atoms with Gasteiger partial charge in [-0.2, -0.15) is 0 Å². The average molecular weight is 354 g/mol. The molecule has 0 aromatic heterocycles. The molecule has 0 saturated heterocycles. The van der Waals surface area contributed by atoms with Gasteiger partial charge < -0.3 is 15.4 Å². The maximum atomic E-state index is 11.8. The molecule has 0 saturated carbocycles. The van der Waals surface area contributed by atoms with Crippen LogP contribution in [-0.4, -0.2) is 31.5 Å². The Hall–Kier alpha value is -2.82. The van der Waals surface area contributed by atoms with Crippen LogP contribution in [0.4, 0.5) is 0 Å². The first kappa shape index (κ1) is 19.5. The monoisotopic (exact) mass is 354 g/mol. The Balaban J connectivity index is 1.57. The molecule has 2 N–H and O–H groups in total. The number of amides is 2. The van der Waals surface area contributed by atoms with Gasteiger partial charge >= 0.3 is 0 Å². The van der Waals surface area contributed by atoms with Gasteiger partial charge in [0.25, 0.3) is 5.91 Å². The molecule has 2 rings (SSSR count). The first-order valence-electron chi connectivity index (χ1n) is 8.97. The third-order valence-corrected chi connectivity index (χ3v) is 3.97. The number of carbonyl (C=O) groups is 2. The number of hydrogen-bond donors (Lipinski definition) is 2. The molecule has 0 heterocycles. The Morgan fingerprint density at radius 1 is 0.885 bits per heavy atom. The van der Waals surface area contributed by atoms with Gasteiger partial charge in [0.1, 0.15) is 5.75 Å². The van der Waals surface area contributed by atoms with Crippen LogP contribution in [0.3, 0.4) is 0 Å². The minimum atomic E-state index is -0.200. The van der Waals surface area contributed by atoms with Crippen LogP contribution in [0.5, 0.6) is 5.75 Å². The second-order valence-corrected chi connectivity index (χ2v) is 5.94. The number of carbonyl (C=O) groups excluding carboxylic acids is 2. The van der Waals surface area contributed by atoms with E-state index in [-0.39, 0.29) is 18.4 Å². The van der Waals surface area contributed by atoms with Crippen LogP contribution in [0, 0.1) is 0 Å². The summed E-state index contributed by atoms with van der Waals surface area (Å²) in [6.07, 6.45) is 2.01. The van der Waals surface area contributed by atoms with Crippen molar-refractivity contribution in [1.82, 2.24) is 10.6 Å². The zero-order chi connectivity index (χ0) is 18.6. The summed E-state index contributed by atoms with van der Waals surface area (Å²) in [5, 5.41) is 5.55. The molecule has 0 unspecified atom stereocenters. The van der Waals surface area contributed by atoms with Crippen LogP contribution in [0.2, 0.25) is 0 Å². The summed E-state index contributed by atoms with van der Waals surface area (Å²) in [5.74, 6) is 0.519. The Kier molecular flexibility index (Phi) is 8.19. The predicted molar refractivity (Wildman–Crippen MR) is 102 cm³/mol. The molecule has 2 aromatic rings. The van der Waals surface area contributed by atoms with Crippen molar-refractivity contribution in [2.45, 2.75) is 26.2 Å². The van der Waals surface area contributed by atoms with E-state index in [1.54, 1.807) is 0 Å². The van der Waals surface area contributed by atoms with Gasteiger partial charge in [0.15, 0.2) is 6.61 Å². The molecule has 0 radical (unpaired) electrons. The molecule has 0 aliphatic carbocycles. The van der Waals surface area contributed by atoms with Crippen molar-refractivity contribution in [1.29, 1.82) is 0 Å². The van der Waals surface area contributed by atoms with Crippen molar-refractivity contribution in [2.75, 3.05) is 19.7 Å². The van der Waals surface area contributed by atoms with Gasteiger partial charge in [0.2, 0.25) is 5.91 Å². The third kappa shape index (κ3) is 6.97. The summed E-state index contributed by atoms with van der Waals surface area (Å²) in [5.41, 5.74) is 2.21. The molecule has 0 aliphatic rings. The van der Waals surface area contributed by atoms with E-state index in [0.29, 0.717) is 25.9 Å². The first-order valence-corrected chi connectivity index (χ1v) is 8.97. The molecule has 5 heteroatoms. The van der Waals surface area contributed by atoms with Crippen molar-refractivity contribution in [3.63, 3.8) is 0 Å². The molecular weight excluding hydrogens is 328 g/mol. The minimum absolute atomic E-state index is 0.0174. The van der Waals surface area contributed by atoms with Crippen LogP contribution in [0.15, 0.2) is 54.6 Å². The lowest BCUT2D eigenvalue weighted by atomic mass is 10.1. The number of ether oxygens (including phenoxy) is 1. The van der Waals surface area contributed by atoms with Crippen molar-refractivity contribution in [3.8, 4) is 5.75 Å². The fourth-order valence-corrected chi connectivity index (χ4v) is 2.53. The normalized spacial score (nSPS) is 10.2. The van der Waals surface area contributed by atoms with E-state index in [4.69, 9.17) is 4.74 Å². The van der Waals surface area contributed by atoms with Gasteiger partial charge in [-0.25, -0.2) is 0 Å². The van der Waals surface area contributed by atoms with E-state index in [9.17, 15) is 9.59 Å². The fraction of sp³-hybridized carbons (Fsp3) is 0.333. The maximum Gasteiger partial charge on any atom is 0.258 e. The van der Waals surface area contributed by atoms with Crippen molar-refractivity contribution >= 4 is 11.8 Å². The number of nitrogens with one attached hydrogen (secondary N) is 2. The van der Waals surface area contributed by atoms with Gasteiger partial charge in [0.05, 0.1) is 0 Å². The molecule has 5 nitrogen and oxygen atoms in total.